The molecule has 1 saturated heterocycles. The van der Waals surface area contributed by atoms with E-state index in [2.05, 4.69) is 41.9 Å². The van der Waals surface area contributed by atoms with Crippen LogP contribution in [0.15, 0.2) is 49.1 Å². The van der Waals surface area contributed by atoms with Crippen LogP contribution in [0.3, 0.4) is 0 Å². The van der Waals surface area contributed by atoms with Gasteiger partial charge in [-0.15, -0.1) is 0 Å². The summed E-state index contributed by atoms with van der Waals surface area (Å²) in [5.41, 5.74) is 5.22. The van der Waals surface area contributed by atoms with Gasteiger partial charge in [-0.2, -0.15) is 0 Å². The fourth-order valence-electron chi connectivity index (χ4n) is 3.48. The Labute approximate surface area is 155 Å². The molecule has 0 radical (unpaired) electrons. The molecule has 0 atom stereocenters. The maximum atomic E-state index is 11.9. The van der Waals surface area contributed by atoms with E-state index in [9.17, 15) is 4.79 Å². The summed E-state index contributed by atoms with van der Waals surface area (Å²) < 4.78 is 5.30. The number of nitrogens with zero attached hydrogens (tertiary/aromatic N) is 1. The third kappa shape index (κ3) is 4.14. The van der Waals surface area contributed by atoms with Crippen molar-refractivity contribution in [1.82, 2.24) is 4.90 Å². The first-order chi connectivity index (χ1) is 12.6. The molecule has 0 aliphatic carbocycles. The number of benzene rings is 2. The van der Waals surface area contributed by atoms with Crippen molar-refractivity contribution in [3.8, 4) is 16.9 Å². The first kappa shape index (κ1) is 18.2. The van der Waals surface area contributed by atoms with E-state index in [-0.39, 0.29) is 5.91 Å². The summed E-state index contributed by atoms with van der Waals surface area (Å²) in [5, 5.41) is 2.97. The van der Waals surface area contributed by atoms with Gasteiger partial charge in [0.25, 0.3) is 0 Å². The highest BCUT2D eigenvalue weighted by molar-refractivity contribution is 6.02. The number of likely N-dealkylation sites (tertiary alicyclic amines) is 1. The number of methoxy groups -OCH3 is 1. The number of hydrogen-bond acceptors (Lipinski definition) is 3. The second-order valence-corrected chi connectivity index (χ2v) is 6.74. The van der Waals surface area contributed by atoms with Gasteiger partial charge in [0, 0.05) is 17.8 Å². The summed E-state index contributed by atoms with van der Waals surface area (Å²) in [6.45, 7) is 8.83. The topological polar surface area (TPSA) is 41.6 Å². The van der Waals surface area contributed by atoms with Gasteiger partial charge in [0.1, 0.15) is 5.75 Å². The van der Waals surface area contributed by atoms with Crippen LogP contribution in [0, 0.1) is 6.92 Å². The SMILES string of the molecule is C=CC(=O)Nc1cc(CN2CCCC2)ccc1-c1ccc(OC)cc1C. The molecule has 4 nitrogen and oxygen atoms in total. The molecule has 2 aromatic carbocycles. The zero-order valence-electron chi connectivity index (χ0n) is 15.5. The highest BCUT2D eigenvalue weighted by Crippen LogP contribution is 2.33. The molecule has 0 unspecified atom stereocenters. The summed E-state index contributed by atoms with van der Waals surface area (Å²) in [5.74, 6) is 0.629. The Bertz CT molecular complexity index is 808. The van der Waals surface area contributed by atoms with Gasteiger partial charge in [0.15, 0.2) is 0 Å². The fraction of sp³-hybridized carbons (Fsp3) is 0.318. The monoisotopic (exact) mass is 350 g/mol. The van der Waals surface area contributed by atoms with Crippen molar-refractivity contribution in [3.05, 3.63) is 60.2 Å². The van der Waals surface area contributed by atoms with Gasteiger partial charge in [-0.05, 0) is 73.8 Å². The molecule has 0 aromatic heterocycles. The molecule has 1 fully saturated rings. The van der Waals surface area contributed by atoms with Gasteiger partial charge in [-0.25, -0.2) is 0 Å². The van der Waals surface area contributed by atoms with Crippen LogP contribution in [-0.4, -0.2) is 31.0 Å². The van der Waals surface area contributed by atoms with E-state index in [1.165, 1.54) is 24.5 Å². The van der Waals surface area contributed by atoms with Crippen LogP contribution in [0.2, 0.25) is 0 Å². The van der Waals surface area contributed by atoms with E-state index in [0.29, 0.717) is 0 Å². The average Bonchev–Trinajstić information content (AvgIpc) is 3.15. The highest BCUT2D eigenvalue weighted by Gasteiger charge is 2.15. The van der Waals surface area contributed by atoms with Gasteiger partial charge in [-0.3, -0.25) is 9.69 Å². The van der Waals surface area contributed by atoms with Crippen LogP contribution in [0.25, 0.3) is 11.1 Å². The van der Waals surface area contributed by atoms with E-state index < -0.39 is 0 Å². The number of carbonyl (C=O) groups is 1. The highest BCUT2D eigenvalue weighted by atomic mass is 16.5. The Hall–Kier alpha value is -2.59. The lowest BCUT2D eigenvalue weighted by Crippen LogP contribution is -2.18. The van der Waals surface area contributed by atoms with Gasteiger partial charge in [-0.1, -0.05) is 24.8 Å². The fourth-order valence-corrected chi connectivity index (χ4v) is 3.48. The van der Waals surface area contributed by atoms with Crippen LogP contribution in [0.5, 0.6) is 5.75 Å². The van der Waals surface area contributed by atoms with E-state index in [0.717, 1.165) is 47.8 Å². The standard InChI is InChI=1S/C22H26N2O2/c1-4-22(25)23-21-14-17(15-24-11-5-6-12-24)7-9-20(21)19-10-8-18(26-3)13-16(19)2/h4,7-10,13-14H,1,5-6,11-12,15H2,2-3H3,(H,23,25). The zero-order chi connectivity index (χ0) is 18.5. The molecule has 3 rings (SSSR count). The smallest absolute Gasteiger partial charge is 0.247 e. The third-order valence-electron chi connectivity index (χ3n) is 4.86. The third-order valence-corrected chi connectivity index (χ3v) is 4.86. The Kier molecular flexibility index (Phi) is 5.74. The predicted molar refractivity (Wildman–Crippen MR) is 107 cm³/mol. The summed E-state index contributed by atoms with van der Waals surface area (Å²) >= 11 is 0. The molecule has 0 saturated carbocycles. The molecule has 1 amide bonds. The Balaban J connectivity index is 1.97. The summed E-state index contributed by atoms with van der Waals surface area (Å²) in [6, 6.07) is 12.3. The number of amides is 1. The second-order valence-electron chi connectivity index (χ2n) is 6.74. The molecule has 26 heavy (non-hydrogen) atoms. The van der Waals surface area contributed by atoms with Gasteiger partial charge in [0.2, 0.25) is 5.91 Å². The summed E-state index contributed by atoms with van der Waals surface area (Å²) in [4.78, 5) is 14.4. The minimum absolute atomic E-state index is 0.198. The number of rotatable bonds is 6. The van der Waals surface area contributed by atoms with Crippen molar-refractivity contribution in [2.45, 2.75) is 26.3 Å². The molecule has 136 valence electrons. The minimum Gasteiger partial charge on any atom is -0.497 e. The normalized spacial score (nSPS) is 14.2. The molecular formula is C22H26N2O2. The van der Waals surface area contributed by atoms with Gasteiger partial charge >= 0.3 is 0 Å². The van der Waals surface area contributed by atoms with Gasteiger partial charge < -0.3 is 10.1 Å². The van der Waals surface area contributed by atoms with Crippen LogP contribution in [-0.2, 0) is 11.3 Å². The number of anilines is 1. The Morgan fingerprint density at radius 3 is 2.58 bits per heavy atom. The van der Waals surface area contributed by atoms with E-state index in [1.807, 2.05) is 18.2 Å². The molecular weight excluding hydrogens is 324 g/mol. The molecule has 1 aliphatic heterocycles. The van der Waals surface area contributed by atoms with E-state index >= 15 is 0 Å². The molecule has 0 spiro atoms. The van der Waals surface area contributed by atoms with Crippen LogP contribution in [0.1, 0.15) is 24.0 Å². The van der Waals surface area contributed by atoms with Crippen molar-refractivity contribution in [3.63, 3.8) is 0 Å². The quantitative estimate of drug-likeness (QED) is 0.786. The maximum Gasteiger partial charge on any atom is 0.247 e. The largest absolute Gasteiger partial charge is 0.497 e. The number of carbonyl (C=O) groups excluding carboxylic acids is 1. The number of ether oxygens (including phenoxy) is 1. The lowest BCUT2D eigenvalue weighted by molar-refractivity contribution is -0.111. The molecule has 4 heteroatoms. The van der Waals surface area contributed by atoms with Crippen molar-refractivity contribution >= 4 is 11.6 Å². The molecule has 0 bridgehead atoms. The number of aryl methyl sites for hydroxylation is 1. The molecule has 1 heterocycles. The summed E-state index contributed by atoms with van der Waals surface area (Å²) in [7, 11) is 1.66. The lowest BCUT2D eigenvalue weighted by Gasteiger charge is -2.18. The van der Waals surface area contributed by atoms with Crippen LogP contribution < -0.4 is 10.1 Å². The van der Waals surface area contributed by atoms with Crippen LogP contribution >= 0.6 is 0 Å². The Morgan fingerprint density at radius 2 is 1.92 bits per heavy atom. The van der Waals surface area contributed by atoms with E-state index in [4.69, 9.17) is 4.74 Å². The molecule has 1 N–H and O–H groups in total. The van der Waals surface area contributed by atoms with Crippen molar-refractivity contribution in [1.29, 1.82) is 0 Å². The number of nitrogens with one attached hydrogen (secondary N) is 1. The van der Waals surface area contributed by atoms with Crippen molar-refractivity contribution < 1.29 is 9.53 Å². The lowest BCUT2D eigenvalue weighted by atomic mass is 9.97. The van der Waals surface area contributed by atoms with E-state index in [1.54, 1.807) is 7.11 Å². The zero-order valence-corrected chi connectivity index (χ0v) is 15.5. The second kappa shape index (κ2) is 8.19. The first-order valence-electron chi connectivity index (χ1n) is 9.04. The molecule has 2 aromatic rings. The first-order valence-corrected chi connectivity index (χ1v) is 9.04. The van der Waals surface area contributed by atoms with Gasteiger partial charge in [0.05, 0.1) is 7.11 Å². The predicted octanol–water partition coefficient (Wildman–Crippen LogP) is 4.39. The number of hydrogen-bond donors (Lipinski definition) is 1. The minimum atomic E-state index is -0.198. The van der Waals surface area contributed by atoms with Crippen LogP contribution in [0.4, 0.5) is 5.69 Å². The Morgan fingerprint density at radius 1 is 1.19 bits per heavy atom. The summed E-state index contributed by atoms with van der Waals surface area (Å²) in [6.07, 6.45) is 3.84. The van der Waals surface area contributed by atoms with Crippen molar-refractivity contribution in [2.75, 3.05) is 25.5 Å². The molecule has 1 aliphatic rings. The maximum absolute atomic E-state index is 11.9. The van der Waals surface area contributed by atoms with Crippen molar-refractivity contribution in [2.24, 2.45) is 0 Å². The average molecular weight is 350 g/mol.